The van der Waals surface area contributed by atoms with Crippen molar-refractivity contribution in [3.63, 3.8) is 0 Å². The van der Waals surface area contributed by atoms with Crippen molar-refractivity contribution in [1.82, 2.24) is 0 Å². The molecule has 0 aromatic carbocycles. The second-order valence-corrected chi connectivity index (χ2v) is 6.55. The van der Waals surface area contributed by atoms with Crippen molar-refractivity contribution in [2.75, 3.05) is 0 Å². The molecule has 0 aromatic heterocycles. The minimum absolute atomic E-state index is 0.0729. The standard InChI is InChI=1S/C13H24O/c1-8(2)10-9-6-7-13(5,11(10)14)12(9,3)4/h8-11,14H,6-7H2,1-5H3/t9-,10+,11-,13+/m0/s1. The van der Waals surface area contributed by atoms with Crippen LogP contribution >= 0.6 is 0 Å². The Morgan fingerprint density at radius 3 is 2.07 bits per heavy atom. The second kappa shape index (κ2) is 2.75. The molecule has 1 heteroatoms. The van der Waals surface area contributed by atoms with Crippen LogP contribution in [-0.4, -0.2) is 11.2 Å². The molecule has 1 nitrogen and oxygen atoms in total. The molecule has 0 saturated heterocycles. The quantitative estimate of drug-likeness (QED) is 0.683. The van der Waals surface area contributed by atoms with Crippen molar-refractivity contribution >= 4 is 0 Å². The summed E-state index contributed by atoms with van der Waals surface area (Å²) in [7, 11) is 0. The Balaban J connectivity index is 2.39. The van der Waals surface area contributed by atoms with Gasteiger partial charge in [-0.25, -0.2) is 0 Å². The van der Waals surface area contributed by atoms with Crippen molar-refractivity contribution in [2.24, 2.45) is 28.6 Å². The summed E-state index contributed by atoms with van der Waals surface area (Å²) in [6.07, 6.45) is 2.47. The normalized spacial score (nSPS) is 50.4. The fourth-order valence-electron chi connectivity index (χ4n) is 4.24. The maximum Gasteiger partial charge on any atom is 0.0632 e. The number of rotatable bonds is 1. The molecule has 0 radical (unpaired) electrons. The third-order valence-corrected chi connectivity index (χ3v) is 5.63. The van der Waals surface area contributed by atoms with Crippen LogP contribution in [0.1, 0.15) is 47.5 Å². The topological polar surface area (TPSA) is 20.2 Å². The van der Waals surface area contributed by atoms with Crippen LogP contribution in [0.5, 0.6) is 0 Å². The van der Waals surface area contributed by atoms with E-state index in [1.807, 2.05) is 0 Å². The third-order valence-electron chi connectivity index (χ3n) is 5.63. The molecule has 4 atom stereocenters. The van der Waals surface area contributed by atoms with Gasteiger partial charge in [0.1, 0.15) is 0 Å². The maximum absolute atomic E-state index is 10.4. The van der Waals surface area contributed by atoms with Crippen LogP contribution < -0.4 is 0 Å². The molecule has 0 unspecified atom stereocenters. The largest absolute Gasteiger partial charge is 0.392 e. The summed E-state index contributed by atoms with van der Waals surface area (Å²) in [6, 6.07) is 0. The van der Waals surface area contributed by atoms with Gasteiger partial charge in [-0.15, -0.1) is 0 Å². The Kier molecular flexibility index (Phi) is 2.06. The Bertz CT molecular complexity index is 244. The Morgan fingerprint density at radius 1 is 1.21 bits per heavy atom. The lowest BCUT2D eigenvalue weighted by Crippen LogP contribution is -2.38. The lowest BCUT2D eigenvalue weighted by molar-refractivity contribution is -0.0213. The first-order chi connectivity index (χ1) is 6.32. The lowest BCUT2D eigenvalue weighted by atomic mass is 9.70. The van der Waals surface area contributed by atoms with Gasteiger partial charge in [-0.2, -0.15) is 0 Å². The van der Waals surface area contributed by atoms with Gasteiger partial charge in [0.05, 0.1) is 6.10 Å². The Hall–Kier alpha value is -0.0400. The van der Waals surface area contributed by atoms with Gasteiger partial charge in [0, 0.05) is 0 Å². The van der Waals surface area contributed by atoms with Crippen LogP contribution in [0.3, 0.4) is 0 Å². The highest BCUT2D eigenvalue weighted by Crippen LogP contribution is 2.68. The number of hydrogen-bond donors (Lipinski definition) is 1. The van der Waals surface area contributed by atoms with E-state index in [4.69, 9.17) is 0 Å². The second-order valence-electron chi connectivity index (χ2n) is 6.55. The van der Waals surface area contributed by atoms with E-state index >= 15 is 0 Å². The molecule has 0 aliphatic heterocycles. The molecule has 14 heavy (non-hydrogen) atoms. The SMILES string of the molecule is CC(C)[C@@H]1[C@@H]2CC[C@](C)([C@H]1O)C2(C)C. The van der Waals surface area contributed by atoms with E-state index in [0.29, 0.717) is 17.3 Å². The minimum atomic E-state index is -0.0729. The zero-order chi connectivity index (χ0) is 10.7. The summed E-state index contributed by atoms with van der Waals surface area (Å²) >= 11 is 0. The molecule has 0 amide bonds. The van der Waals surface area contributed by atoms with E-state index in [0.717, 1.165) is 5.92 Å². The van der Waals surface area contributed by atoms with Gasteiger partial charge in [-0.05, 0) is 41.4 Å². The van der Waals surface area contributed by atoms with E-state index in [9.17, 15) is 5.11 Å². The van der Waals surface area contributed by atoms with Crippen LogP contribution in [0.2, 0.25) is 0 Å². The number of aliphatic hydroxyl groups excluding tert-OH is 1. The minimum Gasteiger partial charge on any atom is -0.392 e. The molecule has 2 bridgehead atoms. The summed E-state index contributed by atoms with van der Waals surface area (Å²) in [6.45, 7) is 11.5. The number of fused-ring (bicyclic) bond motifs is 2. The van der Waals surface area contributed by atoms with E-state index in [-0.39, 0.29) is 11.5 Å². The summed E-state index contributed by atoms with van der Waals surface area (Å²) in [5.74, 6) is 1.89. The molecule has 2 fully saturated rings. The van der Waals surface area contributed by atoms with Gasteiger partial charge in [-0.3, -0.25) is 0 Å². The number of aliphatic hydroxyl groups is 1. The Labute approximate surface area is 87.9 Å². The molecular formula is C13H24O. The fraction of sp³-hybridized carbons (Fsp3) is 1.00. The average Bonchev–Trinajstić information content (AvgIpc) is 2.35. The molecule has 2 aliphatic carbocycles. The first kappa shape index (κ1) is 10.5. The summed E-state index contributed by atoms with van der Waals surface area (Å²) < 4.78 is 0. The highest BCUT2D eigenvalue weighted by molar-refractivity contribution is 5.14. The van der Waals surface area contributed by atoms with Gasteiger partial charge < -0.3 is 5.11 Å². The summed E-state index contributed by atoms with van der Waals surface area (Å²) in [5.41, 5.74) is 0.508. The smallest absolute Gasteiger partial charge is 0.0632 e. The van der Waals surface area contributed by atoms with Gasteiger partial charge in [0.2, 0.25) is 0 Å². The highest BCUT2D eigenvalue weighted by Gasteiger charge is 2.65. The van der Waals surface area contributed by atoms with Crippen molar-refractivity contribution < 1.29 is 5.11 Å². The zero-order valence-electron chi connectivity index (χ0n) is 10.2. The van der Waals surface area contributed by atoms with Crippen LogP contribution in [0.4, 0.5) is 0 Å². The molecule has 82 valence electrons. The van der Waals surface area contributed by atoms with E-state index in [1.54, 1.807) is 0 Å². The average molecular weight is 196 g/mol. The van der Waals surface area contributed by atoms with Crippen molar-refractivity contribution in [3.8, 4) is 0 Å². The van der Waals surface area contributed by atoms with Gasteiger partial charge in [-0.1, -0.05) is 34.6 Å². The van der Waals surface area contributed by atoms with E-state index < -0.39 is 0 Å². The third kappa shape index (κ3) is 0.946. The monoisotopic (exact) mass is 196 g/mol. The molecule has 2 saturated carbocycles. The first-order valence-corrected chi connectivity index (χ1v) is 6.00. The highest BCUT2D eigenvalue weighted by atomic mass is 16.3. The van der Waals surface area contributed by atoms with Crippen LogP contribution in [0, 0.1) is 28.6 Å². The van der Waals surface area contributed by atoms with E-state index in [1.165, 1.54) is 12.8 Å². The Morgan fingerprint density at radius 2 is 1.79 bits per heavy atom. The predicted molar refractivity (Wildman–Crippen MR) is 58.9 cm³/mol. The molecular weight excluding hydrogens is 172 g/mol. The van der Waals surface area contributed by atoms with Crippen LogP contribution in [0.15, 0.2) is 0 Å². The van der Waals surface area contributed by atoms with E-state index in [2.05, 4.69) is 34.6 Å². The van der Waals surface area contributed by atoms with Crippen molar-refractivity contribution in [2.45, 2.75) is 53.6 Å². The maximum atomic E-state index is 10.4. The van der Waals surface area contributed by atoms with Crippen LogP contribution in [0.25, 0.3) is 0 Å². The van der Waals surface area contributed by atoms with Gasteiger partial charge >= 0.3 is 0 Å². The first-order valence-electron chi connectivity index (χ1n) is 6.00. The molecule has 0 spiro atoms. The molecule has 0 heterocycles. The van der Waals surface area contributed by atoms with Gasteiger partial charge in [0.15, 0.2) is 0 Å². The fourth-order valence-corrected chi connectivity index (χ4v) is 4.24. The van der Waals surface area contributed by atoms with Crippen molar-refractivity contribution in [3.05, 3.63) is 0 Å². The molecule has 1 N–H and O–H groups in total. The predicted octanol–water partition coefficient (Wildman–Crippen LogP) is 3.08. The molecule has 2 aliphatic rings. The number of hydrogen-bond acceptors (Lipinski definition) is 1. The van der Waals surface area contributed by atoms with Crippen molar-refractivity contribution in [1.29, 1.82) is 0 Å². The van der Waals surface area contributed by atoms with Gasteiger partial charge in [0.25, 0.3) is 0 Å². The summed E-state index contributed by atoms with van der Waals surface area (Å²) in [5, 5.41) is 10.4. The molecule has 2 rings (SSSR count). The zero-order valence-corrected chi connectivity index (χ0v) is 10.2. The summed E-state index contributed by atoms with van der Waals surface area (Å²) in [4.78, 5) is 0. The molecule has 0 aromatic rings. The lowest BCUT2D eigenvalue weighted by Gasteiger charge is -2.37. The van der Waals surface area contributed by atoms with Crippen LogP contribution in [-0.2, 0) is 0 Å².